The van der Waals surface area contributed by atoms with E-state index in [1.807, 2.05) is 0 Å². The second-order valence-corrected chi connectivity index (χ2v) is 10.0. The van der Waals surface area contributed by atoms with Gasteiger partial charge in [0.25, 0.3) is 5.91 Å². The number of carbonyl (C=O) groups excluding carboxylic acids is 1. The SMILES string of the molecule is CC(C)(C)N(C(=O)O)c1ccc(S(C)(=O)=NC(=O)c2cncc(Br)c2)cc1. The van der Waals surface area contributed by atoms with Gasteiger partial charge in [0.2, 0.25) is 0 Å². The number of hydrogen-bond acceptors (Lipinski definition) is 4. The smallest absolute Gasteiger partial charge is 0.412 e. The molecule has 0 aliphatic heterocycles. The molecule has 0 saturated heterocycles. The maximum Gasteiger partial charge on any atom is 0.412 e. The lowest BCUT2D eigenvalue weighted by atomic mass is 10.1. The number of nitrogens with zero attached hydrogens (tertiary/aromatic N) is 3. The first-order valence-corrected chi connectivity index (χ1v) is 10.6. The summed E-state index contributed by atoms with van der Waals surface area (Å²) in [7, 11) is -3.00. The zero-order valence-electron chi connectivity index (χ0n) is 15.3. The van der Waals surface area contributed by atoms with Crippen LogP contribution in [0.15, 0.2) is 56.5 Å². The van der Waals surface area contributed by atoms with Crippen LogP contribution in [-0.2, 0) is 9.73 Å². The summed E-state index contributed by atoms with van der Waals surface area (Å²) in [5, 5.41) is 9.46. The van der Waals surface area contributed by atoms with Crippen molar-refractivity contribution in [3.63, 3.8) is 0 Å². The number of amides is 2. The molecule has 1 heterocycles. The van der Waals surface area contributed by atoms with Crippen LogP contribution >= 0.6 is 15.9 Å². The third-order valence-corrected chi connectivity index (χ3v) is 5.70. The van der Waals surface area contributed by atoms with Crippen molar-refractivity contribution in [2.45, 2.75) is 31.2 Å². The zero-order chi connectivity index (χ0) is 20.4. The van der Waals surface area contributed by atoms with Crippen LogP contribution in [0.2, 0.25) is 0 Å². The second kappa shape index (κ2) is 7.77. The Morgan fingerprint density at radius 1 is 1.19 bits per heavy atom. The van der Waals surface area contributed by atoms with Gasteiger partial charge in [0.1, 0.15) is 0 Å². The molecule has 0 fully saturated rings. The van der Waals surface area contributed by atoms with E-state index in [9.17, 15) is 18.9 Å². The Labute approximate surface area is 166 Å². The third kappa shape index (κ3) is 5.14. The van der Waals surface area contributed by atoms with Gasteiger partial charge in [-0.2, -0.15) is 4.36 Å². The van der Waals surface area contributed by atoms with E-state index in [4.69, 9.17) is 0 Å². The summed E-state index contributed by atoms with van der Waals surface area (Å²) < 4.78 is 17.4. The van der Waals surface area contributed by atoms with Gasteiger partial charge in [-0.15, -0.1) is 0 Å². The molecule has 2 aromatic rings. The Bertz CT molecular complexity index is 990. The van der Waals surface area contributed by atoms with Crippen molar-refractivity contribution in [2.24, 2.45) is 4.36 Å². The number of aromatic nitrogens is 1. The van der Waals surface area contributed by atoms with Gasteiger partial charge in [-0.1, -0.05) is 0 Å². The molecule has 0 aliphatic rings. The van der Waals surface area contributed by atoms with Crippen molar-refractivity contribution in [3.05, 3.63) is 52.8 Å². The number of halogens is 1. The highest BCUT2D eigenvalue weighted by atomic mass is 79.9. The number of carbonyl (C=O) groups is 2. The van der Waals surface area contributed by atoms with Gasteiger partial charge in [-0.25, -0.2) is 9.00 Å². The van der Waals surface area contributed by atoms with E-state index in [0.717, 1.165) is 0 Å². The largest absolute Gasteiger partial charge is 0.465 e. The van der Waals surface area contributed by atoms with Crippen LogP contribution < -0.4 is 4.90 Å². The van der Waals surface area contributed by atoms with Crippen LogP contribution in [0.1, 0.15) is 31.1 Å². The molecule has 1 aromatic carbocycles. The van der Waals surface area contributed by atoms with Gasteiger partial charge in [-0.3, -0.25) is 14.7 Å². The summed E-state index contributed by atoms with van der Waals surface area (Å²) in [6.45, 7) is 5.33. The average Bonchev–Trinajstić information content (AvgIpc) is 2.53. The highest BCUT2D eigenvalue weighted by molar-refractivity contribution is 9.10. The lowest BCUT2D eigenvalue weighted by molar-refractivity contribution is 0.100. The van der Waals surface area contributed by atoms with Crippen LogP contribution in [0, 0.1) is 0 Å². The molecule has 7 nitrogen and oxygen atoms in total. The topological polar surface area (TPSA) is 99.9 Å². The summed E-state index contributed by atoms with van der Waals surface area (Å²) >= 11 is 3.22. The number of benzene rings is 1. The van der Waals surface area contributed by atoms with Gasteiger partial charge in [-0.05, 0) is 67.0 Å². The van der Waals surface area contributed by atoms with Crippen LogP contribution in [0.5, 0.6) is 0 Å². The average molecular weight is 454 g/mol. The molecule has 0 spiro atoms. The molecular weight excluding hydrogens is 434 g/mol. The Morgan fingerprint density at radius 2 is 1.78 bits per heavy atom. The van der Waals surface area contributed by atoms with Crippen molar-refractivity contribution < 1.29 is 18.9 Å². The highest BCUT2D eigenvalue weighted by Gasteiger charge is 2.27. The van der Waals surface area contributed by atoms with Crippen molar-refractivity contribution in [3.8, 4) is 0 Å². The molecule has 0 bridgehead atoms. The van der Waals surface area contributed by atoms with Gasteiger partial charge in [0, 0.05) is 39.2 Å². The van der Waals surface area contributed by atoms with Crippen molar-refractivity contribution >= 4 is 43.3 Å². The van der Waals surface area contributed by atoms with E-state index in [0.29, 0.717) is 15.1 Å². The minimum absolute atomic E-state index is 0.223. The minimum Gasteiger partial charge on any atom is -0.465 e. The molecule has 9 heteroatoms. The molecular formula is C18H20BrN3O4S. The fraction of sp³-hybridized carbons (Fsp3) is 0.278. The predicted molar refractivity (Wildman–Crippen MR) is 108 cm³/mol. The normalized spacial score (nSPS) is 13.5. The molecule has 144 valence electrons. The van der Waals surface area contributed by atoms with E-state index < -0.39 is 27.3 Å². The van der Waals surface area contributed by atoms with Crippen LogP contribution in [0.25, 0.3) is 0 Å². The zero-order valence-corrected chi connectivity index (χ0v) is 17.7. The molecule has 27 heavy (non-hydrogen) atoms. The van der Waals surface area contributed by atoms with Gasteiger partial charge in [0.05, 0.1) is 15.3 Å². The number of anilines is 1. The summed E-state index contributed by atoms with van der Waals surface area (Å²) in [4.78, 5) is 29.3. The monoisotopic (exact) mass is 453 g/mol. The maximum atomic E-state index is 12.9. The lowest BCUT2D eigenvalue weighted by Crippen LogP contribution is -2.45. The minimum atomic E-state index is -3.00. The van der Waals surface area contributed by atoms with Crippen LogP contribution in [0.3, 0.4) is 0 Å². The molecule has 1 N–H and O–H groups in total. The first kappa shape index (κ1) is 21.0. The van der Waals surface area contributed by atoms with Crippen molar-refractivity contribution in [2.75, 3.05) is 11.2 Å². The molecule has 1 unspecified atom stereocenters. The lowest BCUT2D eigenvalue weighted by Gasteiger charge is -2.33. The van der Waals surface area contributed by atoms with Gasteiger partial charge in [0.15, 0.2) is 0 Å². The van der Waals surface area contributed by atoms with E-state index in [-0.39, 0.29) is 5.56 Å². The number of pyridine rings is 1. The van der Waals surface area contributed by atoms with E-state index >= 15 is 0 Å². The van der Waals surface area contributed by atoms with Crippen LogP contribution in [0.4, 0.5) is 10.5 Å². The van der Waals surface area contributed by atoms with E-state index in [1.165, 1.54) is 35.7 Å². The van der Waals surface area contributed by atoms with E-state index in [1.54, 1.807) is 39.0 Å². The highest BCUT2D eigenvalue weighted by Crippen LogP contribution is 2.26. The summed E-state index contributed by atoms with van der Waals surface area (Å²) in [5.41, 5.74) is 0.0199. The van der Waals surface area contributed by atoms with Crippen LogP contribution in [-0.4, -0.2) is 38.1 Å². The molecule has 2 rings (SSSR count). The van der Waals surface area contributed by atoms with Gasteiger partial charge < -0.3 is 5.11 Å². The van der Waals surface area contributed by atoms with Gasteiger partial charge >= 0.3 is 6.09 Å². The number of rotatable bonds is 3. The Balaban J connectivity index is 2.38. The first-order chi connectivity index (χ1) is 12.4. The Hall–Kier alpha value is -2.26. The molecule has 1 atom stereocenters. The fourth-order valence-electron chi connectivity index (χ4n) is 2.42. The Kier molecular flexibility index (Phi) is 6.06. The van der Waals surface area contributed by atoms with E-state index in [2.05, 4.69) is 25.3 Å². The first-order valence-electron chi connectivity index (χ1n) is 7.92. The quantitative estimate of drug-likeness (QED) is 0.740. The van der Waals surface area contributed by atoms with Crippen molar-refractivity contribution in [1.82, 2.24) is 4.98 Å². The standard InChI is InChI=1S/C18H20BrN3O4S/c1-18(2,3)22(17(24)25)14-5-7-15(8-6-14)27(4,26)21-16(23)12-9-13(19)11-20-10-12/h5-11H,1-4H3,(H,24,25). The fourth-order valence-corrected chi connectivity index (χ4v) is 3.96. The van der Waals surface area contributed by atoms with Crippen molar-refractivity contribution in [1.29, 1.82) is 0 Å². The number of carboxylic acid groups (broad SMARTS) is 1. The molecule has 0 radical (unpaired) electrons. The Morgan fingerprint density at radius 3 is 2.26 bits per heavy atom. The summed E-state index contributed by atoms with van der Waals surface area (Å²) in [6, 6.07) is 7.70. The third-order valence-electron chi connectivity index (χ3n) is 3.60. The maximum absolute atomic E-state index is 12.9. The predicted octanol–water partition coefficient (Wildman–Crippen LogP) is 4.42. The molecule has 2 amide bonds. The summed E-state index contributed by atoms with van der Waals surface area (Å²) in [6.07, 6.45) is 3.16. The second-order valence-electron chi connectivity index (χ2n) is 6.87. The molecule has 1 aromatic heterocycles. The molecule has 0 aliphatic carbocycles. The number of hydrogen-bond donors (Lipinski definition) is 1. The summed E-state index contributed by atoms with van der Waals surface area (Å²) in [5.74, 6) is -0.637. The molecule has 0 saturated carbocycles.